The Hall–Kier alpha value is -2.18. The minimum Gasteiger partial charge on any atom is -0.366 e. The Morgan fingerprint density at radius 2 is 1.82 bits per heavy atom. The van der Waals surface area contributed by atoms with Gasteiger partial charge >= 0.3 is 0 Å². The SMILES string of the molecule is Cc1nc2nc(N)nn2c(C)c1CC(=O)N1CCCCCC1. The minimum absolute atomic E-state index is 0.169. The number of aryl methyl sites for hydroxylation is 2. The van der Waals surface area contributed by atoms with Crippen LogP contribution in [0.1, 0.15) is 42.6 Å². The number of fused-ring (bicyclic) bond motifs is 1. The lowest BCUT2D eigenvalue weighted by molar-refractivity contribution is -0.130. The van der Waals surface area contributed by atoms with Gasteiger partial charge in [0.15, 0.2) is 0 Å². The second-order valence-electron chi connectivity index (χ2n) is 5.91. The molecule has 118 valence electrons. The highest BCUT2D eigenvalue weighted by atomic mass is 16.2. The zero-order valence-electron chi connectivity index (χ0n) is 13.2. The quantitative estimate of drug-likeness (QED) is 0.902. The number of hydrogen-bond donors (Lipinski definition) is 1. The van der Waals surface area contributed by atoms with Crippen LogP contribution in [0.3, 0.4) is 0 Å². The molecule has 3 rings (SSSR count). The summed E-state index contributed by atoms with van der Waals surface area (Å²) in [4.78, 5) is 23.1. The van der Waals surface area contributed by atoms with Crippen LogP contribution in [0, 0.1) is 13.8 Å². The Balaban J connectivity index is 1.87. The van der Waals surface area contributed by atoms with Crippen LogP contribution in [-0.4, -0.2) is 43.5 Å². The molecule has 2 aromatic heterocycles. The number of nitrogens with two attached hydrogens (primary N) is 1. The lowest BCUT2D eigenvalue weighted by Crippen LogP contribution is -2.33. The van der Waals surface area contributed by atoms with Gasteiger partial charge in [0.05, 0.1) is 6.42 Å². The molecule has 7 heteroatoms. The normalized spacial score (nSPS) is 16.0. The van der Waals surface area contributed by atoms with Crippen LogP contribution in [0.25, 0.3) is 5.78 Å². The van der Waals surface area contributed by atoms with E-state index in [1.165, 1.54) is 12.8 Å². The van der Waals surface area contributed by atoms with Gasteiger partial charge < -0.3 is 10.6 Å². The summed E-state index contributed by atoms with van der Waals surface area (Å²) in [6, 6.07) is 0. The van der Waals surface area contributed by atoms with E-state index >= 15 is 0 Å². The lowest BCUT2D eigenvalue weighted by atomic mass is 10.1. The number of hydrogen-bond acceptors (Lipinski definition) is 5. The van der Waals surface area contributed by atoms with Crippen LogP contribution in [0.2, 0.25) is 0 Å². The molecule has 3 heterocycles. The number of carbonyl (C=O) groups is 1. The number of aromatic nitrogens is 4. The van der Waals surface area contributed by atoms with Crippen LogP contribution < -0.4 is 5.73 Å². The van der Waals surface area contributed by atoms with Gasteiger partial charge in [-0.05, 0) is 26.7 Å². The summed E-state index contributed by atoms with van der Waals surface area (Å²) in [6.07, 6.45) is 4.99. The molecule has 2 aromatic rings. The smallest absolute Gasteiger partial charge is 0.254 e. The monoisotopic (exact) mass is 302 g/mol. The van der Waals surface area contributed by atoms with E-state index in [0.717, 1.165) is 42.9 Å². The summed E-state index contributed by atoms with van der Waals surface area (Å²) in [6.45, 7) is 5.56. The molecule has 0 radical (unpaired) electrons. The van der Waals surface area contributed by atoms with E-state index in [9.17, 15) is 4.79 Å². The van der Waals surface area contributed by atoms with Crippen LogP contribution in [-0.2, 0) is 11.2 Å². The third kappa shape index (κ3) is 2.75. The molecule has 0 aliphatic carbocycles. The summed E-state index contributed by atoms with van der Waals surface area (Å²) >= 11 is 0. The summed E-state index contributed by atoms with van der Waals surface area (Å²) in [5, 5.41) is 4.15. The van der Waals surface area contributed by atoms with Gasteiger partial charge in [-0.25, -0.2) is 4.98 Å². The maximum absolute atomic E-state index is 12.6. The molecular formula is C15H22N6O. The molecule has 2 N–H and O–H groups in total. The van der Waals surface area contributed by atoms with E-state index in [1.807, 2.05) is 18.7 Å². The van der Waals surface area contributed by atoms with Gasteiger partial charge in [-0.3, -0.25) is 4.79 Å². The largest absolute Gasteiger partial charge is 0.366 e. The van der Waals surface area contributed by atoms with Gasteiger partial charge in [-0.15, -0.1) is 5.10 Å². The van der Waals surface area contributed by atoms with Gasteiger partial charge in [0, 0.05) is 30.0 Å². The molecule has 1 saturated heterocycles. The molecule has 1 amide bonds. The third-order valence-electron chi connectivity index (χ3n) is 4.35. The van der Waals surface area contributed by atoms with Crippen molar-refractivity contribution in [2.24, 2.45) is 0 Å². The number of anilines is 1. The van der Waals surface area contributed by atoms with Crippen molar-refractivity contribution in [3.8, 4) is 0 Å². The van der Waals surface area contributed by atoms with Gasteiger partial charge in [0.1, 0.15) is 0 Å². The molecule has 0 spiro atoms. The molecule has 0 unspecified atom stereocenters. The predicted octanol–water partition coefficient (Wildman–Crippen LogP) is 1.27. The summed E-state index contributed by atoms with van der Waals surface area (Å²) in [5.41, 5.74) is 8.26. The average molecular weight is 302 g/mol. The molecule has 0 saturated carbocycles. The number of nitrogens with zero attached hydrogens (tertiary/aromatic N) is 5. The first-order chi connectivity index (χ1) is 10.6. The van der Waals surface area contributed by atoms with Gasteiger partial charge in [-0.1, -0.05) is 12.8 Å². The van der Waals surface area contributed by atoms with E-state index in [-0.39, 0.29) is 11.9 Å². The fourth-order valence-electron chi connectivity index (χ4n) is 3.06. The highest BCUT2D eigenvalue weighted by Gasteiger charge is 2.20. The van der Waals surface area contributed by atoms with Crippen LogP contribution in [0.4, 0.5) is 5.95 Å². The highest BCUT2D eigenvalue weighted by Crippen LogP contribution is 2.17. The molecule has 1 fully saturated rings. The average Bonchev–Trinajstić information content (AvgIpc) is 2.70. The first kappa shape index (κ1) is 14.7. The maximum atomic E-state index is 12.6. The first-order valence-electron chi connectivity index (χ1n) is 7.82. The van der Waals surface area contributed by atoms with Crippen LogP contribution in [0.15, 0.2) is 0 Å². The summed E-state index contributed by atoms with van der Waals surface area (Å²) in [7, 11) is 0. The van der Waals surface area contributed by atoms with Crippen molar-refractivity contribution in [2.45, 2.75) is 46.0 Å². The second kappa shape index (κ2) is 5.90. The van der Waals surface area contributed by atoms with Crippen molar-refractivity contribution in [1.29, 1.82) is 0 Å². The van der Waals surface area contributed by atoms with E-state index in [1.54, 1.807) is 4.52 Å². The van der Waals surface area contributed by atoms with Gasteiger partial charge in [0.25, 0.3) is 5.78 Å². The Kier molecular flexibility index (Phi) is 3.96. The molecule has 1 aliphatic heterocycles. The number of nitrogen functional groups attached to an aromatic ring is 1. The third-order valence-corrected chi connectivity index (χ3v) is 4.35. The number of amides is 1. The molecule has 0 atom stereocenters. The lowest BCUT2D eigenvalue weighted by Gasteiger charge is -2.21. The molecule has 0 aromatic carbocycles. The fourth-order valence-corrected chi connectivity index (χ4v) is 3.06. The number of carbonyl (C=O) groups excluding carboxylic acids is 1. The van der Waals surface area contributed by atoms with E-state index in [4.69, 9.17) is 5.73 Å². The topological polar surface area (TPSA) is 89.4 Å². The summed E-state index contributed by atoms with van der Waals surface area (Å²) in [5.74, 6) is 0.854. The van der Waals surface area contributed by atoms with Crippen molar-refractivity contribution < 1.29 is 4.79 Å². The Labute approximate surface area is 129 Å². The Morgan fingerprint density at radius 1 is 1.14 bits per heavy atom. The molecular weight excluding hydrogens is 280 g/mol. The van der Waals surface area contributed by atoms with E-state index < -0.39 is 0 Å². The minimum atomic E-state index is 0.169. The second-order valence-corrected chi connectivity index (χ2v) is 5.91. The molecule has 7 nitrogen and oxygen atoms in total. The van der Waals surface area contributed by atoms with Crippen molar-refractivity contribution in [2.75, 3.05) is 18.8 Å². The van der Waals surface area contributed by atoms with Crippen molar-refractivity contribution in [3.63, 3.8) is 0 Å². The molecule has 22 heavy (non-hydrogen) atoms. The Morgan fingerprint density at radius 3 is 2.50 bits per heavy atom. The Bertz CT molecular complexity index is 700. The molecule has 1 aliphatic rings. The van der Waals surface area contributed by atoms with Crippen molar-refractivity contribution in [3.05, 3.63) is 17.0 Å². The molecule has 0 bridgehead atoms. The predicted molar refractivity (Wildman–Crippen MR) is 83.4 cm³/mol. The van der Waals surface area contributed by atoms with Crippen LogP contribution >= 0.6 is 0 Å². The van der Waals surface area contributed by atoms with E-state index in [0.29, 0.717) is 12.2 Å². The van der Waals surface area contributed by atoms with Crippen molar-refractivity contribution in [1.82, 2.24) is 24.5 Å². The van der Waals surface area contributed by atoms with Gasteiger partial charge in [0.2, 0.25) is 11.9 Å². The standard InChI is InChI=1S/C15H22N6O/c1-10-12(9-13(22)20-7-5-3-4-6-8-20)11(2)21-15(17-10)18-14(16)19-21/h3-9H2,1-2H3,(H2,16,19). The zero-order valence-corrected chi connectivity index (χ0v) is 13.2. The highest BCUT2D eigenvalue weighted by molar-refractivity contribution is 5.79. The first-order valence-corrected chi connectivity index (χ1v) is 7.82. The zero-order chi connectivity index (χ0) is 15.7. The number of likely N-dealkylation sites (tertiary alicyclic amines) is 1. The van der Waals surface area contributed by atoms with Crippen molar-refractivity contribution >= 4 is 17.6 Å². The summed E-state index contributed by atoms with van der Waals surface area (Å²) < 4.78 is 1.62. The van der Waals surface area contributed by atoms with Crippen LogP contribution in [0.5, 0.6) is 0 Å². The van der Waals surface area contributed by atoms with E-state index in [2.05, 4.69) is 15.1 Å². The number of rotatable bonds is 2. The van der Waals surface area contributed by atoms with Gasteiger partial charge in [-0.2, -0.15) is 9.50 Å². The fraction of sp³-hybridized carbons (Fsp3) is 0.600. The maximum Gasteiger partial charge on any atom is 0.254 e.